The fourth-order valence-corrected chi connectivity index (χ4v) is 7.05. The molecule has 5 aromatic rings. The molecule has 250 valence electrons. The Morgan fingerprint density at radius 1 is 0.562 bits per heavy atom. The monoisotopic (exact) mass is 734 g/mol. The van der Waals surface area contributed by atoms with Crippen molar-refractivity contribution in [2.45, 2.75) is 20.4 Å². The van der Waals surface area contributed by atoms with Crippen molar-refractivity contribution in [3.63, 3.8) is 0 Å². The van der Waals surface area contributed by atoms with Gasteiger partial charge < -0.3 is 5.11 Å². The molecule has 0 fully saturated rings. The lowest BCUT2D eigenvalue weighted by molar-refractivity contribution is 0.472. The van der Waals surface area contributed by atoms with Crippen LogP contribution in [0.2, 0.25) is 0 Å². The van der Waals surface area contributed by atoms with Gasteiger partial charge in [-0.25, -0.2) is 8.42 Å². The average molecular weight is 735 g/mol. The van der Waals surface area contributed by atoms with Crippen molar-refractivity contribution in [2.75, 3.05) is 6.26 Å². The number of phenols is 1. The fourth-order valence-electron chi connectivity index (χ4n) is 4.62. The Labute approximate surface area is 273 Å². The van der Waals surface area contributed by atoms with Gasteiger partial charge in [-0.2, -0.15) is 30.4 Å². The molecule has 0 aliphatic heterocycles. The van der Waals surface area contributed by atoms with Gasteiger partial charge >= 0.3 is 0 Å². The van der Waals surface area contributed by atoms with Crippen LogP contribution in [0.3, 0.4) is 0 Å². The molecule has 0 aliphatic carbocycles. The van der Waals surface area contributed by atoms with Gasteiger partial charge in [0.2, 0.25) is 0 Å². The third-order valence-electron chi connectivity index (χ3n) is 6.73. The van der Waals surface area contributed by atoms with Crippen molar-refractivity contribution in [1.82, 2.24) is 0 Å². The summed E-state index contributed by atoms with van der Waals surface area (Å²) in [6, 6.07) is 15.8. The van der Waals surface area contributed by atoms with Crippen LogP contribution in [0.5, 0.6) is 5.75 Å². The van der Waals surface area contributed by atoms with E-state index in [4.69, 9.17) is 4.55 Å². The zero-order valence-electron chi connectivity index (χ0n) is 24.2. The predicted octanol–water partition coefficient (Wildman–Crippen LogP) is 5.81. The second kappa shape index (κ2) is 12.4. The summed E-state index contributed by atoms with van der Waals surface area (Å²) in [5.74, 6) is -1.06. The Bertz CT molecular complexity index is 2640. The zero-order chi connectivity index (χ0) is 35.2. The Morgan fingerprint density at radius 2 is 1.12 bits per heavy atom. The Kier molecular flexibility index (Phi) is 8.94. The Hall–Kier alpha value is -4.70. The van der Waals surface area contributed by atoms with E-state index in [0.29, 0.717) is 5.56 Å². The first-order valence-electron chi connectivity index (χ1n) is 13.1. The van der Waals surface area contributed by atoms with Crippen molar-refractivity contribution in [3.8, 4) is 5.75 Å². The lowest BCUT2D eigenvalue weighted by Gasteiger charge is -2.10. The van der Waals surface area contributed by atoms with Gasteiger partial charge in [-0.05, 0) is 71.6 Å². The molecule has 0 radical (unpaired) electrons. The summed E-state index contributed by atoms with van der Waals surface area (Å²) in [4.78, 5) is -1.74. The molecule has 0 aliphatic rings. The van der Waals surface area contributed by atoms with Gasteiger partial charge in [0.15, 0.2) is 15.6 Å². The minimum atomic E-state index is -5.02. The summed E-state index contributed by atoms with van der Waals surface area (Å²) in [6.45, 7) is 0. The molecule has 0 unspecified atom stereocenters. The third kappa shape index (κ3) is 7.71. The minimum Gasteiger partial charge on any atom is -0.505 e. The second-order valence-electron chi connectivity index (χ2n) is 10.3. The molecule has 0 saturated heterocycles. The van der Waals surface area contributed by atoms with Gasteiger partial charge in [-0.3, -0.25) is 13.7 Å². The largest absolute Gasteiger partial charge is 0.505 e. The first-order chi connectivity index (χ1) is 22.2. The Morgan fingerprint density at radius 3 is 1.71 bits per heavy atom. The summed E-state index contributed by atoms with van der Waals surface area (Å²) in [6.07, 6.45) is 1.01. The summed E-state index contributed by atoms with van der Waals surface area (Å²) in [5, 5.41) is 27.4. The van der Waals surface area contributed by atoms with Crippen LogP contribution in [0.15, 0.2) is 114 Å². The van der Waals surface area contributed by atoms with Crippen molar-refractivity contribution >= 4 is 84.5 Å². The minimum absolute atomic E-state index is 0.00683. The van der Waals surface area contributed by atoms with Crippen LogP contribution in [0, 0.1) is 0 Å². The summed E-state index contributed by atoms with van der Waals surface area (Å²) >= 11 is 0. The fraction of sp³-hybridized carbons (Fsp3) is 0.0714. The molecular formula is C28H22N4O12S4. The molecule has 0 aromatic heterocycles. The first kappa shape index (κ1) is 34.6. The maximum Gasteiger partial charge on any atom is 0.296 e. The van der Waals surface area contributed by atoms with E-state index in [1.165, 1.54) is 48.5 Å². The number of hydrogen-bond acceptors (Lipinski definition) is 13. The first-order valence-corrected chi connectivity index (χ1v) is 19.5. The van der Waals surface area contributed by atoms with Crippen molar-refractivity contribution < 1.29 is 52.4 Å². The zero-order valence-corrected chi connectivity index (χ0v) is 27.5. The van der Waals surface area contributed by atoms with Crippen LogP contribution in [-0.4, -0.2) is 58.7 Å². The number of hydrogen-bond donors (Lipinski definition) is 4. The topological polar surface area (TPSA) is 267 Å². The van der Waals surface area contributed by atoms with E-state index in [-0.39, 0.29) is 49.3 Å². The quantitative estimate of drug-likeness (QED) is 0.103. The number of sulfone groups is 1. The van der Waals surface area contributed by atoms with Crippen LogP contribution in [0.25, 0.3) is 21.5 Å². The van der Waals surface area contributed by atoms with Gasteiger partial charge in [0.1, 0.15) is 10.6 Å². The van der Waals surface area contributed by atoms with Gasteiger partial charge in [0.05, 0.1) is 32.6 Å². The molecule has 0 spiro atoms. The number of nitrogens with zero attached hydrogens (tertiary/aromatic N) is 4. The van der Waals surface area contributed by atoms with E-state index in [9.17, 15) is 47.9 Å². The summed E-state index contributed by atoms with van der Waals surface area (Å²) in [7, 11) is -17.6. The average Bonchev–Trinajstić information content (AvgIpc) is 2.97. The van der Waals surface area contributed by atoms with Crippen molar-refractivity contribution in [3.05, 3.63) is 84.4 Å². The number of benzene rings is 5. The molecular weight excluding hydrogens is 713 g/mol. The molecule has 5 rings (SSSR count). The van der Waals surface area contributed by atoms with E-state index in [1.807, 2.05) is 0 Å². The molecule has 0 bridgehead atoms. The maximum absolute atomic E-state index is 12.3. The van der Waals surface area contributed by atoms with Crippen LogP contribution < -0.4 is 0 Å². The van der Waals surface area contributed by atoms with Crippen molar-refractivity contribution in [2.24, 2.45) is 20.5 Å². The summed E-state index contributed by atoms with van der Waals surface area (Å²) < 4.78 is 123. The number of phenolic OH excluding ortho intramolecular Hbond substituents is 1. The number of fused-ring (bicyclic) bond motifs is 2. The SMILES string of the molecule is CS(=O)(=O)Cc1ccc2c(O)c(N=Nc3ccc(N=Nc4ccc(S(=O)(=O)O)cc4)c4cc(S(=O)(=O)O)ccc34)c(S(=O)(=O)O)cc2c1. The highest BCUT2D eigenvalue weighted by atomic mass is 32.2. The van der Waals surface area contributed by atoms with Gasteiger partial charge in [0, 0.05) is 22.4 Å². The van der Waals surface area contributed by atoms with Gasteiger partial charge in [0.25, 0.3) is 30.4 Å². The molecule has 48 heavy (non-hydrogen) atoms. The highest BCUT2D eigenvalue weighted by Crippen LogP contribution is 2.43. The molecule has 16 nitrogen and oxygen atoms in total. The molecule has 0 amide bonds. The van der Waals surface area contributed by atoms with Crippen LogP contribution in [0.4, 0.5) is 22.7 Å². The molecule has 5 aromatic carbocycles. The van der Waals surface area contributed by atoms with E-state index < -0.39 is 61.4 Å². The number of aromatic hydroxyl groups is 1. The van der Waals surface area contributed by atoms with E-state index in [0.717, 1.165) is 36.6 Å². The number of azo groups is 2. The predicted molar refractivity (Wildman–Crippen MR) is 172 cm³/mol. The second-order valence-corrected chi connectivity index (χ2v) is 16.7. The van der Waals surface area contributed by atoms with E-state index in [1.54, 1.807) is 0 Å². The van der Waals surface area contributed by atoms with E-state index in [2.05, 4.69) is 20.5 Å². The number of rotatable bonds is 9. The van der Waals surface area contributed by atoms with Gasteiger partial charge in [-0.1, -0.05) is 18.2 Å². The van der Waals surface area contributed by atoms with Crippen molar-refractivity contribution in [1.29, 1.82) is 0 Å². The molecule has 0 heterocycles. The van der Waals surface area contributed by atoms with Crippen LogP contribution >= 0.6 is 0 Å². The highest BCUT2D eigenvalue weighted by Gasteiger charge is 2.23. The Balaban J connectivity index is 1.63. The smallest absolute Gasteiger partial charge is 0.296 e. The van der Waals surface area contributed by atoms with Gasteiger partial charge in [-0.15, -0.1) is 15.3 Å². The third-order valence-corrected chi connectivity index (χ3v) is 10.2. The summed E-state index contributed by atoms with van der Waals surface area (Å²) in [5.41, 5.74) is -0.167. The maximum atomic E-state index is 12.3. The normalized spacial score (nSPS) is 13.2. The molecule has 0 saturated carbocycles. The lowest BCUT2D eigenvalue weighted by atomic mass is 10.1. The molecule has 4 N–H and O–H groups in total. The van der Waals surface area contributed by atoms with E-state index >= 15 is 0 Å². The highest BCUT2D eigenvalue weighted by molar-refractivity contribution is 7.89. The van der Waals surface area contributed by atoms with Crippen LogP contribution in [-0.2, 0) is 45.9 Å². The standard InChI is InChI=1S/C28H22N4O12S4/c1-45(34,35)15-16-2-8-21-17(12-16)13-26(48(42,43)44)27(28(21)33)32-31-24-10-11-25(23-14-20(47(39,40)41)7-9-22(23)24)30-29-18-3-5-19(6-4-18)46(36,37)38/h2-14,33H,15H2,1H3,(H,36,37,38)(H,39,40,41)(H,42,43,44). The van der Waals surface area contributed by atoms with Crippen LogP contribution in [0.1, 0.15) is 5.56 Å². The molecule has 0 atom stereocenters. The lowest BCUT2D eigenvalue weighted by Crippen LogP contribution is -2.01. The molecule has 20 heteroatoms.